The maximum Gasteiger partial charge on any atom is 0.407 e. The molecule has 2 atom stereocenters. The van der Waals surface area contributed by atoms with Crippen molar-refractivity contribution in [3.8, 4) is 11.1 Å². The molecule has 2 amide bonds. The molecule has 3 aromatic rings. The first-order valence-electron chi connectivity index (χ1n) is 11.0. The van der Waals surface area contributed by atoms with Crippen molar-refractivity contribution in [2.24, 2.45) is 7.05 Å². The van der Waals surface area contributed by atoms with Crippen LogP contribution in [0.4, 0.5) is 4.79 Å². The summed E-state index contributed by atoms with van der Waals surface area (Å²) in [6.07, 6.45) is 2.41. The lowest BCUT2D eigenvalue weighted by molar-refractivity contribution is -0.142. The number of nitrogens with one attached hydrogen (secondary N) is 2. The number of benzene rings is 2. The number of aliphatic carboxylic acids is 1. The summed E-state index contributed by atoms with van der Waals surface area (Å²) in [4.78, 5) is 36.9. The number of aryl methyl sites for hydroxylation is 1. The van der Waals surface area contributed by atoms with Crippen molar-refractivity contribution >= 4 is 18.0 Å². The standard InChI is InChI=1S/C25H26N4O5/c1-3-21(23(30)28-22(24(31)32)15-12-26-29(2)13-15)27-25(33)34-14-20-18-10-6-4-8-16(18)17-9-5-7-11-19(17)20/h4-13,20-22H,3,14H2,1-2H3,(H,27,33)(H,28,30)(H,31,32)/t21-,22?/m1/s1. The van der Waals surface area contributed by atoms with Gasteiger partial charge >= 0.3 is 12.1 Å². The summed E-state index contributed by atoms with van der Waals surface area (Å²) < 4.78 is 6.95. The van der Waals surface area contributed by atoms with Crippen LogP contribution in [0.3, 0.4) is 0 Å². The molecule has 34 heavy (non-hydrogen) atoms. The zero-order valence-corrected chi connectivity index (χ0v) is 18.9. The van der Waals surface area contributed by atoms with Gasteiger partial charge in [0, 0.05) is 24.7 Å². The van der Waals surface area contributed by atoms with E-state index in [1.54, 1.807) is 14.0 Å². The van der Waals surface area contributed by atoms with E-state index < -0.39 is 30.1 Å². The Morgan fingerprint density at radius 1 is 1.06 bits per heavy atom. The molecule has 0 saturated carbocycles. The minimum absolute atomic E-state index is 0.103. The van der Waals surface area contributed by atoms with Crippen LogP contribution in [-0.2, 0) is 21.4 Å². The van der Waals surface area contributed by atoms with Gasteiger partial charge in [-0.1, -0.05) is 55.5 Å². The van der Waals surface area contributed by atoms with Crippen LogP contribution >= 0.6 is 0 Å². The Labute approximate surface area is 196 Å². The van der Waals surface area contributed by atoms with E-state index in [1.807, 2.05) is 48.5 Å². The smallest absolute Gasteiger partial charge is 0.407 e. The molecule has 4 rings (SSSR count). The zero-order chi connectivity index (χ0) is 24.2. The molecule has 2 aromatic carbocycles. The van der Waals surface area contributed by atoms with Crippen LogP contribution in [0.1, 0.15) is 42.0 Å². The van der Waals surface area contributed by atoms with Gasteiger partial charge in [0.05, 0.1) is 6.20 Å². The molecule has 1 aromatic heterocycles. The van der Waals surface area contributed by atoms with E-state index in [-0.39, 0.29) is 18.9 Å². The van der Waals surface area contributed by atoms with E-state index in [2.05, 4.69) is 15.7 Å². The average Bonchev–Trinajstić information content (AvgIpc) is 3.40. The molecule has 176 valence electrons. The first kappa shape index (κ1) is 23.0. The van der Waals surface area contributed by atoms with Crippen molar-refractivity contribution < 1.29 is 24.2 Å². The van der Waals surface area contributed by atoms with Gasteiger partial charge in [-0.2, -0.15) is 5.10 Å². The van der Waals surface area contributed by atoms with E-state index in [9.17, 15) is 19.5 Å². The van der Waals surface area contributed by atoms with Gasteiger partial charge in [0.15, 0.2) is 6.04 Å². The Morgan fingerprint density at radius 2 is 1.68 bits per heavy atom. The number of fused-ring (bicyclic) bond motifs is 3. The number of ether oxygens (including phenoxy) is 1. The van der Waals surface area contributed by atoms with Crippen LogP contribution < -0.4 is 10.6 Å². The molecule has 0 aliphatic heterocycles. The van der Waals surface area contributed by atoms with Crippen LogP contribution in [0.15, 0.2) is 60.9 Å². The second-order valence-corrected chi connectivity index (χ2v) is 8.16. The fourth-order valence-electron chi connectivity index (χ4n) is 4.26. The lowest BCUT2D eigenvalue weighted by Gasteiger charge is -2.20. The molecule has 0 bridgehead atoms. The fraction of sp³-hybridized carbons (Fsp3) is 0.280. The van der Waals surface area contributed by atoms with E-state index >= 15 is 0 Å². The largest absolute Gasteiger partial charge is 0.479 e. The number of carboxylic acid groups (broad SMARTS) is 1. The molecule has 1 unspecified atom stereocenters. The van der Waals surface area contributed by atoms with Crippen molar-refractivity contribution in [3.63, 3.8) is 0 Å². The van der Waals surface area contributed by atoms with Crippen molar-refractivity contribution in [3.05, 3.63) is 77.6 Å². The van der Waals surface area contributed by atoms with Crippen molar-refractivity contribution in [1.82, 2.24) is 20.4 Å². The quantitative estimate of drug-likeness (QED) is 0.473. The van der Waals surface area contributed by atoms with Gasteiger partial charge in [-0.05, 0) is 28.7 Å². The molecule has 1 heterocycles. The van der Waals surface area contributed by atoms with Gasteiger partial charge in [-0.3, -0.25) is 9.48 Å². The van der Waals surface area contributed by atoms with Crippen molar-refractivity contribution in [2.45, 2.75) is 31.3 Å². The molecule has 0 spiro atoms. The normalized spacial score (nSPS) is 13.9. The lowest BCUT2D eigenvalue weighted by Crippen LogP contribution is -2.48. The minimum Gasteiger partial charge on any atom is -0.479 e. The van der Waals surface area contributed by atoms with Crippen LogP contribution in [0, 0.1) is 0 Å². The molecule has 1 aliphatic rings. The molecule has 0 radical (unpaired) electrons. The van der Waals surface area contributed by atoms with Gasteiger partial charge in [0.2, 0.25) is 5.91 Å². The number of hydrogen-bond donors (Lipinski definition) is 3. The Bertz CT molecular complexity index is 1180. The van der Waals surface area contributed by atoms with Crippen LogP contribution in [0.25, 0.3) is 11.1 Å². The molecule has 9 heteroatoms. The van der Waals surface area contributed by atoms with Gasteiger partial charge < -0.3 is 20.5 Å². The Balaban J connectivity index is 1.39. The summed E-state index contributed by atoms with van der Waals surface area (Å²) in [5, 5.41) is 18.5. The lowest BCUT2D eigenvalue weighted by atomic mass is 9.98. The number of carbonyl (C=O) groups excluding carboxylic acids is 2. The van der Waals surface area contributed by atoms with Crippen molar-refractivity contribution in [1.29, 1.82) is 0 Å². The molecule has 0 saturated heterocycles. The topological polar surface area (TPSA) is 123 Å². The first-order chi connectivity index (χ1) is 16.4. The highest BCUT2D eigenvalue weighted by atomic mass is 16.5. The minimum atomic E-state index is -1.28. The Morgan fingerprint density at radius 3 is 2.21 bits per heavy atom. The molecule has 1 aliphatic carbocycles. The molecule has 9 nitrogen and oxygen atoms in total. The second kappa shape index (κ2) is 9.78. The fourth-order valence-corrected chi connectivity index (χ4v) is 4.26. The SMILES string of the molecule is CC[C@@H](NC(=O)OCC1c2ccccc2-c2ccccc21)C(=O)NC(C(=O)O)c1cnn(C)c1. The summed E-state index contributed by atoms with van der Waals surface area (Å²) in [6.45, 7) is 1.83. The maximum absolute atomic E-state index is 12.7. The van der Waals surface area contributed by atoms with Crippen LogP contribution in [0.5, 0.6) is 0 Å². The van der Waals surface area contributed by atoms with Crippen molar-refractivity contribution in [2.75, 3.05) is 6.61 Å². The number of aromatic nitrogens is 2. The van der Waals surface area contributed by atoms with Gasteiger partial charge in [-0.15, -0.1) is 0 Å². The predicted octanol–water partition coefficient (Wildman–Crippen LogP) is 2.98. The zero-order valence-electron chi connectivity index (χ0n) is 18.9. The highest BCUT2D eigenvalue weighted by Crippen LogP contribution is 2.44. The third-order valence-corrected chi connectivity index (χ3v) is 5.95. The molecule has 0 fully saturated rings. The number of amides is 2. The van der Waals surface area contributed by atoms with E-state index in [4.69, 9.17) is 4.74 Å². The van der Waals surface area contributed by atoms with Crippen LogP contribution in [0.2, 0.25) is 0 Å². The third kappa shape index (κ3) is 4.63. The summed E-state index contributed by atoms with van der Waals surface area (Å²) >= 11 is 0. The Hall–Kier alpha value is -4.14. The van der Waals surface area contributed by atoms with Gasteiger partial charge in [0.25, 0.3) is 0 Å². The van der Waals surface area contributed by atoms with Crippen LogP contribution in [-0.4, -0.2) is 45.5 Å². The number of hydrogen-bond acceptors (Lipinski definition) is 5. The monoisotopic (exact) mass is 462 g/mol. The Kier molecular flexibility index (Phi) is 6.62. The summed E-state index contributed by atoms with van der Waals surface area (Å²) in [5.41, 5.74) is 4.74. The highest BCUT2D eigenvalue weighted by Gasteiger charge is 2.31. The van der Waals surface area contributed by atoms with Gasteiger partial charge in [-0.25, -0.2) is 9.59 Å². The van der Waals surface area contributed by atoms with E-state index in [0.717, 1.165) is 22.3 Å². The maximum atomic E-state index is 12.7. The number of alkyl carbamates (subject to hydrolysis) is 1. The van der Waals surface area contributed by atoms with E-state index in [1.165, 1.54) is 17.1 Å². The summed E-state index contributed by atoms with van der Waals surface area (Å²) in [7, 11) is 1.65. The number of nitrogens with zero attached hydrogens (tertiary/aromatic N) is 2. The third-order valence-electron chi connectivity index (χ3n) is 5.95. The first-order valence-corrected chi connectivity index (χ1v) is 11.0. The number of rotatable bonds is 8. The number of carboxylic acids is 1. The van der Waals surface area contributed by atoms with E-state index in [0.29, 0.717) is 5.56 Å². The summed E-state index contributed by atoms with van der Waals surface area (Å²) in [6, 6.07) is 13.8. The highest BCUT2D eigenvalue weighted by molar-refractivity contribution is 5.89. The molecular formula is C25H26N4O5. The molecular weight excluding hydrogens is 436 g/mol. The predicted molar refractivity (Wildman–Crippen MR) is 124 cm³/mol. The number of carbonyl (C=O) groups is 3. The molecule has 3 N–H and O–H groups in total. The average molecular weight is 463 g/mol. The summed E-state index contributed by atoms with van der Waals surface area (Å²) in [5.74, 6) is -1.95. The second-order valence-electron chi connectivity index (χ2n) is 8.16. The van der Waals surface area contributed by atoms with Gasteiger partial charge in [0.1, 0.15) is 12.6 Å².